The van der Waals surface area contributed by atoms with Crippen molar-refractivity contribution < 1.29 is 4.79 Å². The number of hydrogen-bond donors (Lipinski definition) is 1. The molecule has 0 saturated heterocycles. The molecule has 7 heteroatoms. The molecule has 4 nitrogen and oxygen atoms in total. The zero-order valence-electron chi connectivity index (χ0n) is 14.6. The lowest BCUT2D eigenvalue weighted by atomic mass is 10.2. The van der Waals surface area contributed by atoms with Gasteiger partial charge in [-0.2, -0.15) is 0 Å². The SMILES string of the molecule is Cc1ccc(CSc2nc(CC(=O)Nc3nc4ccccc4s3)cs2)cc1. The summed E-state index contributed by atoms with van der Waals surface area (Å²) in [5.74, 6) is 0.792. The first-order valence-corrected chi connectivity index (χ1v) is 11.1. The van der Waals surface area contributed by atoms with Crippen LogP contribution in [0.1, 0.15) is 16.8 Å². The number of aromatic nitrogens is 2. The lowest BCUT2D eigenvalue weighted by molar-refractivity contribution is -0.115. The fourth-order valence-electron chi connectivity index (χ4n) is 2.52. The number of thioether (sulfide) groups is 1. The van der Waals surface area contributed by atoms with E-state index in [4.69, 9.17) is 0 Å². The first-order valence-electron chi connectivity index (χ1n) is 8.44. The van der Waals surface area contributed by atoms with Gasteiger partial charge in [-0.05, 0) is 24.6 Å². The van der Waals surface area contributed by atoms with Crippen LogP contribution in [0.15, 0.2) is 58.3 Å². The molecule has 0 radical (unpaired) electrons. The summed E-state index contributed by atoms with van der Waals surface area (Å²) < 4.78 is 2.05. The number of aryl methyl sites for hydroxylation is 1. The van der Waals surface area contributed by atoms with Crippen LogP contribution in [0.5, 0.6) is 0 Å². The quantitative estimate of drug-likeness (QED) is 0.424. The number of carbonyl (C=O) groups excluding carboxylic acids is 1. The number of fused-ring (bicyclic) bond motifs is 1. The van der Waals surface area contributed by atoms with E-state index in [1.165, 1.54) is 22.5 Å². The van der Waals surface area contributed by atoms with Crippen LogP contribution in [0.3, 0.4) is 0 Å². The van der Waals surface area contributed by atoms with Crippen LogP contribution in [0.25, 0.3) is 10.2 Å². The summed E-state index contributed by atoms with van der Waals surface area (Å²) in [6.07, 6.45) is 0.261. The minimum absolute atomic E-state index is 0.0885. The van der Waals surface area contributed by atoms with Crippen LogP contribution < -0.4 is 5.32 Å². The van der Waals surface area contributed by atoms with E-state index in [9.17, 15) is 4.79 Å². The summed E-state index contributed by atoms with van der Waals surface area (Å²) in [4.78, 5) is 21.3. The van der Waals surface area contributed by atoms with Crippen LogP contribution in [0.2, 0.25) is 0 Å². The van der Waals surface area contributed by atoms with Gasteiger partial charge < -0.3 is 5.32 Å². The van der Waals surface area contributed by atoms with Crippen LogP contribution in [0.4, 0.5) is 5.13 Å². The predicted octanol–water partition coefficient (Wildman–Crippen LogP) is 5.53. The highest BCUT2D eigenvalue weighted by molar-refractivity contribution is 8.00. The van der Waals surface area contributed by atoms with Gasteiger partial charge in [-0.25, -0.2) is 9.97 Å². The molecule has 0 aliphatic carbocycles. The van der Waals surface area contributed by atoms with Gasteiger partial charge in [-0.3, -0.25) is 4.79 Å². The Bertz CT molecular complexity index is 1040. The number of thiazole rings is 2. The molecule has 4 aromatic rings. The minimum Gasteiger partial charge on any atom is -0.302 e. The number of hydrogen-bond acceptors (Lipinski definition) is 6. The monoisotopic (exact) mass is 411 g/mol. The molecule has 2 heterocycles. The second-order valence-corrected chi connectivity index (χ2v) is 9.20. The van der Waals surface area contributed by atoms with Crippen molar-refractivity contribution >= 4 is 55.7 Å². The summed E-state index contributed by atoms with van der Waals surface area (Å²) in [7, 11) is 0. The molecule has 27 heavy (non-hydrogen) atoms. The zero-order valence-corrected chi connectivity index (χ0v) is 17.1. The van der Waals surface area contributed by atoms with Gasteiger partial charge in [0, 0.05) is 11.1 Å². The van der Waals surface area contributed by atoms with Crippen LogP contribution in [0, 0.1) is 6.92 Å². The topological polar surface area (TPSA) is 54.9 Å². The molecule has 0 atom stereocenters. The van der Waals surface area contributed by atoms with Gasteiger partial charge in [0.2, 0.25) is 5.91 Å². The van der Waals surface area contributed by atoms with E-state index in [-0.39, 0.29) is 12.3 Å². The third-order valence-electron chi connectivity index (χ3n) is 3.90. The Morgan fingerprint density at radius 3 is 2.74 bits per heavy atom. The number of amides is 1. The predicted molar refractivity (Wildman–Crippen MR) is 115 cm³/mol. The largest absolute Gasteiger partial charge is 0.302 e. The Kier molecular flexibility index (Phi) is 5.52. The Labute approximate surface area is 169 Å². The number of anilines is 1. The Morgan fingerprint density at radius 1 is 1.11 bits per heavy atom. The minimum atomic E-state index is -0.0885. The van der Waals surface area contributed by atoms with E-state index in [0.717, 1.165) is 26.0 Å². The maximum absolute atomic E-state index is 12.3. The first kappa shape index (κ1) is 18.2. The summed E-state index contributed by atoms with van der Waals surface area (Å²) in [5.41, 5.74) is 4.24. The molecule has 0 aliphatic heterocycles. The third-order valence-corrected chi connectivity index (χ3v) is 6.99. The van der Waals surface area contributed by atoms with Crippen molar-refractivity contribution in [2.24, 2.45) is 0 Å². The van der Waals surface area contributed by atoms with Crippen molar-refractivity contribution in [3.63, 3.8) is 0 Å². The van der Waals surface area contributed by atoms with Crippen molar-refractivity contribution in [1.29, 1.82) is 0 Å². The Hall–Kier alpha value is -2.22. The summed E-state index contributed by atoms with van der Waals surface area (Å²) in [5, 5.41) is 5.46. The molecule has 0 unspecified atom stereocenters. The van der Waals surface area contributed by atoms with Crippen LogP contribution in [-0.4, -0.2) is 15.9 Å². The van der Waals surface area contributed by atoms with E-state index in [0.29, 0.717) is 5.13 Å². The molecule has 136 valence electrons. The summed E-state index contributed by atoms with van der Waals surface area (Å²) in [6.45, 7) is 2.09. The number of rotatable bonds is 6. The molecule has 0 spiro atoms. The second-order valence-electron chi connectivity index (χ2n) is 6.09. The van der Waals surface area contributed by atoms with Crippen molar-refractivity contribution in [1.82, 2.24) is 9.97 Å². The van der Waals surface area contributed by atoms with Gasteiger partial charge in [0.1, 0.15) is 4.34 Å². The lowest BCUT2D eigenvalue weighted by Gasteiger charge is -2.00. The molecule has 2 aromatic carbocycles. The molecule has 1 N–H and O–H groups in total. The highest BCUT2D eigenvalue weighted by Crippen LogP contribution is 2.27. The van der Waals surface area contributed by atoms with Gasteiger partial charge in [0.15, 0.2) is 5.13 Å². The molecule has 0 aliphatic rings. The van der Waals surface area contributed by atoms with Gasteiger partial charge in [-0.1, -0.05) is 65.1 Å². The van der Waals surface area contributed by atoms with E-state index in [1.54, 1.807) is 23.1 Å². The van der Waals surface area contributed by atoms with Crippen molar-refractivity contribution in [2.45, 2.75) is 23.4 Å². The molecule has 0 bridgehead atoms. The maximum atomic E-state index is 12.3. The number of para-hydroxylation sites is 1. The standard InChI is InChI=1S/C20H17N3OS3/c1-13-6-8-14(9-7-13)11-25-20-21-15(12-26-20)10-18(24)23-19-22-16-4-2-3-5-17(16)27-19/h2-9,12H,10-11H2,1H3,(H,22,23,24). The average molecular weight is 412 g/mol. The van der Waals surface area contributed by atoms with Crippen LogP contribution >= 0.6 is 34.4 Å². The summed E-state index contributed by atoms with van der Waals surface area (Å²) in [6, 6.07) is 16.4. The van der Waals surface area contributed by atoms with Gasteiger partial charge in [0.25, 0.3) is 0 Å². The van der Waals surface area contributed by atoms with Crippen molar-refractivity contribution in [3.05, 3.63) is 70.7 Å². The van der Waals surface area contributed by atoms with E-state index < -0.39 is 0 Å². The van der Waals surface area contributed by atoms with Crippen LogP contribution in [-0.2, 0) is 17.0 Å². The number of benzene rings is 2. The zero-order chi connectivity index (χ0) is 18.6. The van der Waals surface area contributed by atoms with Gasteiger partial charge >= 0.3 is 0 Å². The first-order chi connectivity index (χ1) is 13.2. The number of nitrogens with one attached hydrogen (secondary N) is 1. The molecule has 4 rings (SSSR count). The van der Waals surface area contributed by atoms with E-state index >= 15 is 0 Å². The van der Waals surface area contributed by atoms with Gasteiger partial charge in [0.05, 0.1) is 22.3 Å². The Balaban J connectivity index is 1.32. The van der Waals surface area contributed by atoms with E-state index in [1.807, 2.05) is 29.6 Å². The molecular weight excluding hydrogens is 394 g/mol. The highest BCUT2D eigenvalue weighted by Gasteiger charge is 2.11. The second kappa shape index (κ2) is 8.21. The van der Waals surface area contributed by atoms with Crippen molar-refractivity contribution in [2.75, 3.05) is 5.32 Å². The molecule has 1 amide bonds. The molecule has 0 saturated carbocycles. The lowest BCUT2D eigenvalue weighted by Crippen LogP contribution is -2.14. The average Bonchev–Trinajstić information content (AvgIpc) is 3.27. The fraction of sp³-hybridized carbons (Fsp3) is 0.150. The fourth-order valence-corrected chi connectivity index (χ4v) is 5.20. The number of nitrogens with zero attached hydrogens (tertiary/aromatic N) is 2. The van der Waals surface area contributed by atoms with E-state index in [2.05, 4.69) is 46.5 Å². The number of carbonyl (C=O) groups is 1. The molecule has 2 aromatic heterocycles. The Morgan fingerprint density at radius 2 is 1.93 bits per heavy atom. The van der Waals surface area contributed by atoms with Gasteiger partial charge in [-0.15, -0.1) is 11.3 Å². The summed E-state index contributed by atoms with van der Waals surface area (Å²) >= 11 is 4.77. The normalized spacial score (nSPS) is 11.0. The molecule has 0 fully saturated rings. The highest BCUT2D eigenvalue weighted by atomic mass is 32.2. The maximum Gasteiger partial charge on any atom is 0.232 e. The third kappa shape index (κ3) is 4.74. The smallest absolute Gasteiger partial charge is 0.232 e. The molecular formula is C20H17N3OS3. The van der Waals surface area contributed by atoms with Crippen molar-refractivity contribution in [3.8, 4) is 0 Å².